The Morgan fingerprint density at radius 2 is 0.733 bits per heavy atom. The van der Waals surface area contributed by atoms with Gasteiger partial charge in [-0.25, -0.2) is 0 Å². The fourth-order valence-corrected chi connectivity index (χ4v) is 13.9. The van der Waals surface area contributed by atoms with Gasteiger partial charge in [0.15, 0.2) is 92.4 Å². The number of aliphatic hydroxyl groups excluding tert-OH is 4. The summed E-state index contributed by atoms with van der Waals surface area (Å²) in [7, 11) is 0. The van der Waals surface area contributed by atoms with Crippen LogP contribution in [0.15, 0.2) is 78.9 Å². The van der Waals surface area contributed by atoms with Gasteiger partial charge in [-0.15, -0.1) is 0 Å². The van der Waals surface area contributed by atoms with Crippen LogP contribution in [0.25, 0.3) is 0 Å². The quantitative estimate of drug-likeness (QED) is 0.107. The number of ether oxygens (including phenoxy) is 4. The maximum atomic E-state index is 13.2. The molecule has 2 aliphatic carbocycles. The third-order valence-corrected chi connectivity index (χ3v) is 17.6. The normalized spacial score (nSPS) is 25.9. The molecule has 0 saturated carbocycles. The van der Waals surface area contributed by atoms with Crippen LogP contribution in [-0.2, 0) is 17.6 Å². The molecule has 442 valence electrons. The minimum absolute atomic E-state index is 0.127. The number of aromatic hydroxyl groups is 18. The third kappa shape index (κ3) is 6.67. The first-order chi connectivity index (χ1) is 40.7. The molecule has 0 unspecified atom stereocenters. The molecule has 6 aliphatic rings. The highest BCUT2D eigenvalue weighted by Gasteiger charge is 2.66. The molecule has 22 N–H and O–H groups in total. The Bertz CT molecular complexity index is 4280. The highest BCUT2D eigenvalue weighted by Crippen LogP contribution is 2.71. The van der Waals surface area contributed by atoms with Crippen molar-refractivity contribution in [3.8, 4) is 126 Å². The summed E-state index contributed by atoms with van der Waals surface area (Å²) in [6.07, 6.45) is -11.9. The topological polar surface area (TPSA) is 482 Å². The van der Waals surface area contributed by atoms with E-state index in [1.54, 1.807) is 0 Å². The summed E-state index contributed by atoms with van der Waals surface area (Å²) in [6, 6.07) is 12.0. The van der Waals surface area contributed by atoms with Gasteiger partial charge >= 0.3 is 0 Å². The first-order valence-corrected chi connectivity index (χ1v) is 26.1. The predicted molar refractivity (Wildman–Crippen MR) is 284 cm³/mol. The fourth-order valence-electron chi connectivity index (χ4n) is 13.9. The van der Waals surface area contributed by atoms with Crippen molar-refractivity contribution in [2.24, 2.45) is 0 Å². The fraction of sp³-hybridized carbons (Fsp3) is 0.200. The van der Waals surface area contributed by atoms with Gasteiger partial charge in [-0.1, -0.05) is 0 Å². The number of hydrogen-bond donors (Lipinski definition) is 22. The van der Waals surface area contributed by atoms with Crippen LogP contribution < -0.4 is 18.9 Å². The Labute approximate surface area is 479 Å². The molecule has 26 nitrogen and oxygen atoms in total. The molecule has 0 saturated heterocycles. The molecule has 86 heavy (non-hydrogen) atoms. The zero-order valence-corrected chi connectivity index (χ0v) is 43.4. The number of fused-ring (bicyclic) bond motifs is 18. The van der Waals surface area contributed by atoms with Gasteiger partial charge in [0.25, 0.3) is 0 Å². The third-order valence-electron chi connectivity index (χ3n) is 17.6. The van der Waals surface area contributed by atoms with Crippen molar-refractivity contribution in [1.29, 1.82) is 0 Å². The molecule has 4 heterocycles. The second kappa shape index (κ2) is 17.4. The van der Waals surface area contributed by atoms with Crippen LogP contribution in [0.4, 0.5) is 0 Å². The van der Waals surface area contributed by atoms with E-state index in [9.17, 15) is 112 Å². The average molecular weight is 1180 g/mol. The van der Waals surface area contributed by atoms with E-state index in [2.05, 4.69) is 0 Å². The molecule has 0 fully saturated rings. The van der Waals surface area contributed by atoms with Crippen molar-refractivity contribution in [1.82, 2.24) is 0 Å². The van der Waals surface area contributed by atoms with Crippen LogP contribution in [0.1, 0.15) is 102 Å². The lowest BCUT2D eigenvalue weighted by Gasteiger charge is -2.44. The molecular weight excluding hydrogens is 1140 g/mol. The molecule has 4 bridgehead atoms. The van der Waals surface area contributed by atoms with Crippen LogP contribution in [0.2, 0.25) is 0 Å². The molecule has 8 aromatic carbocycles. The van der Waals surface area contributed by atoms with Crippen molar-refractivity contribution in [2.75, 3.05) is 0 Å². The van der Waals surface area contributed by atoms with E-state index < -0.39 is 209 Å². The Morgan fingerprint density at radius 3 is 1.26 bits per heavy atom. The summed E-state index contributed by atoms with van der Waals surface area (Å²) in [5, 5.41) is 252. The molecule has 14 rings (SSSR count). The predicted octanol–water partition coefficient (Wildman–Crippen LogP) is 4.34. The minimum atomic E-state index is -2.63. The van der Waals surface area contributed by atoms with E-state index in [4.69, 9.17) is 18.9 Å². The summed E-state index contributed by atoms with van der Waals surface area (Å²) in [5.41, 5.74) is -9.12. The average Bonchev–Trinajstić information content (AvgIpc) is 1.50. The van der Waals surface area contributed by atoms with E-state index in [1.807, 2.05) is 0 Å². The number of phenolic OH excluding ortho intramolecular Hbond substituents is 18. The molecule has 11 atom stereocenters. The van der Waals surface area contributed by atoms with Gasteiger partial charge in [-0.05, 0) is 60.7 Å². The zero-order valence-electron chi connectivity index (χ0n) is 43.4. The van der Waals surface area contributed by atoms with Gasteiger partial charge in [-0.3, -0.25) is 0 Å². The highest BCUT2D eigenvalue weighted by molar-refractivity contribution is 5.78. The van der Waals surface area contributed by atoms with Gasteiger partial charge in [0, 0.05) is 96.9 Å². The lowest BCUT2D eigenvalue weighted by molar-refractivity contribution is -0.0411. The number of aliphatic hydroxyl groups is 4. The Kier molecular flexibility index (Phi) is 10.8. The van der Waals surface area contributed by atoms with Crippen molar-refractivity contribution >= 4 is 0 Å². The van der Waals surface area contributed by atoms with Gasteiger partial charge in [0.1, 0.15) is 75.8 Å². The maximum Gasteiger partial charge on any atom is 0.200 e. The Morgan fingerprint density at radius 1 is 0.337 bits per heavy atom. The van der Waals surface area contributed by atoms with Crippen LogP contribution in [0.3, 0.4) is 0 Å². The molecule has 0 aromatic heterocycles. The largest absolute Gasteiger partial charge is 0.508 e. The summed E-state index contributed by atoms with van der Waals surface area (Å²) in [4.78, 5) is 0. The Balaban J connectivity index is 1.07. The number of phenols is 18. The standard InChI is InChI=1S/C60H46O26/c61-19-9-24(63)40-37(10-19)85-59(17-5-32(71)49(78)33(72)6-17)22-13-25(64)41-44(51(80)53(16-3-30(69)48(77)31(70)4-16)84-55(41)39(22)45(40)57(59)81)42-26(65)14-27(66)43-46-38-21(60(58(46)82,86-56(42)43)18-7-34(73)50(79)35(74)8-18)12-23(62)20-11-36(75)52(83-54(20)38)15-1-28(67)47(76)29(68)2-15/h1-10,12-14,36,44-46,51-53,57-58,61-82H,11H2/t36-,44-,45+,46+,51+,52+,53+,57-,58-,59+,60+/m0/s1. The lowest BCUT2D eigenvalue weighted by Crippen LogP contribution is -2.47. The second-order valence-electron chi connectivity index (χ2n) is 22.1. The lowest BCUT2D eigenvalue weighted by atomic mass is 9.73. The first-order valence-electron chi connectivity index (χ1n) is 26.1. The van der Waals surface area contributed by atoms with Gasteiger partial charge < -0.3 is 131 Å². The Hall–Kier alpha value is -10.8. The minimum Gasteiger partial charge on any atom is -0.508 e. The van der Waals surface area contributed by atoms with Crippen LogP contribution >= 0.6 is 0 Å². The van der Waals surface area contributed by atoms with E-state index in [1.165, 1.54) is 0 Å². The van der Waals surface area contributed by atoms with E-state index in [0.717, 1.165) is 78.9 Å². The molecule has 0 radical (unpaired) electrons. The highest BCUT2D eigenvalue weighted by atomic mass is 16.5. The van der Waals surface area contributed by atoms with Gasteiger partial charge in [0.05, 0.1) is 23.9 Å². The van der Waals surface area contributed by atoms with Gasteiger partial charge in [-0.2, -0.15) is 0 Å². The number of rotatable bonds is 5. The molecule has 26 heteroatoms. The summed E-state index contributed by atoms with van der Waals surface area (Å²) in [6.45, 7) is 0. The number of hydrogen-bond acceptors (Lipinski definition) is 26. The summed E-state index contributed by atoms with van der Waals surface area (Å²) < 4.78 is 26.7. The molecule has 0 amide bonds. The van der Waals surface area contributed by atoms with E-state index in [-0.39, 0.29) is 61.6 Å². The maximum absolute atomic E-state index is 13.2. The monoisotopic (exact) mass is 1180 g/mol. The summed E-state index contributed by atoms with van der Waals surface area (Å²) in [5.74, 6) is -23.4. The first kappa shape index (κ1) is 53.2. The number of benzene rings is 8. The van der Waals surface area contributed by atoms with Crippen molar-refractivity contribution in [2.45, 2.75) is 72.0 Å². The SMILES string of the molecule is Oc1cc(O)c2c(c1)O[C@]1(c3cc(O)c(O)c(O)c3)c3cc(O)c4c(c3[C@H]2[C@@H]1O)O[C@H](c1cc(O)c(O)c(O)c1)[C@H](O)[C@@H]4c1c(O)cc(O)c2c1O[C@]1(c3cc(O)c(O)c(O)c3)c3cc(O)c4c(c3[C@H]2[C@@H]1O)O[C@H](c1cc(O)c(O)c(O)c1)[C@@H](O)C4. The molecule has 4 aliphatic heterocycles. The summed E-state index contributed by atoms with van der Waals surface area (Å²) >= 11 is 0. The van der Waals surface area contributed by atoms with Crippen molar-refractivity contribution < 1.29 is 131 Å². The zero-order chi connectivity index (χ0) is 61.1. The molecule has 0 spiro atoms. The van der Waals surface area contributed by atoms with E-state index >= 15 is 0 Å². The molecule has 8 aromatic rings. The van der Waals surface area contributed by atoms with Crippen LogP contribution in [-0.4, -0.2) is 137 Å². The van der Waals surface area contributed by atoms with Crippen LogP contribution in [0.5, 0.6) is 126 Å². The smallest absolute Gasteiger partial charge is 0.200 e. The van der Waals surface area contributed by atoms with Crippen molar-refractivity contribution in [3.63, 3.8) is 0 Å². The van der Waals surface area contributed by atoms with Crippen molar-refractivity contribution in [3.05, 3.63) is 151 Å². The molecular formula is C60H46O26. The second-order valence-corrected chi connectivity index (χ2v) is 22.1. The van der Waals surface area contributed by atoms with Crippen LogP contribution in [0, 0.1) is 0 Å². The van der Waals surface area contributed by atoms with E-state index in [0.29, 0.717) is 0 Å². The van der Waals surface area contributed by atoms with Gasteiger partial charge in [0.2, 0.25) is 0 Å².